The van der Waals surface area contributed by atoms with Crippen molar-refractivity contribution in [3.05, 3.63) is 53.3 Å². The Labute approximate surface area is 144 Å². The van der Waals surface area contributed by atoms with E-state index in [4.69, 9.17) is 17.3 Å². The molecule has 2 N–H and O–H groups in total. The van der Waals surface area contributed by atoms with Crippen LogP contribution in [0.2, 0.25) is 5.02 Å². The molecule has 124 valence electrons. The molecule has 0 aliphatic carbocycles. The van der Waals surface area contributed by atoms with Crippen molar-refractivity contribution in [1.29, 1.82) is 0 Å². The SMILES string of the molecule is CCC(C)C(=O)c1ncn2cc(-c3c(Cl)ccc(N)c3F)ccc12. The number of benzene rings is 1. The minimum atomic E-state index is -0.558. The van der Waals surface area contributed by atoms with E-state index in [0.717, 1.165) is 6.42 Å². The van der Waals surface area contributed by atoms with Gasteiger partial charge in [-0.15, -0.1) is 0 Å². The van der Waals surface area contributed by atoms with Gasteiger partial charge in [-0.3, -0.25) is 4.79 Å². The number of ketones is 1. The van der Waals surface area contributed by atoms with E-state index < -0.39 is 5.82 Å². The second-order valence-corrected chi connectivity index (χ2v) is 6.21. The zero-order valence-electron chi connectivity index (χ0n) is 13.4. The van der Waals surface area contributed by atoms with E-state index in [1.54, 1.807) is 35.1 Å². The number of anilines is 1. The molecule has 1 aromatic carbocycles. The number of hydrogen-bond donors (Lipinski definition) is 1. The Bertz CT molecular complexity index is 935. The molecule has 0 spiro atoms. The van der Waals surface area contributed by atoms with Crippen LogP contribution in [0.25, 0.3) is 16.6 Å². The molecule has 0 bridgehead atoms. The summed E-state index contributed by atoms with van der Waals surface area (Å²) in [4.78, 5) is 16.6. The number of rotatable bonds is 4. The van der Waals surface area contributed by atoms with Gasteiger partial charge < -0.3 is 10.1 Å². The Kier molecular flexibility index (Phi) is 4.28. The van der Waals surface area contributed by atoms with E-state index in [1.807, 2.05) is 13.8 Å². The summed E-state index contributed by atoms with van der Waals surface area (Å²) in [5.74, 6) is -0.650. The molecule has 0 radical (unpaired) electrons. The van der Waals surface area contributed by atoms with Crippen LogP contribution in [0.3, 0.4) is 0 Å². The minimum absolute atomic E-state index is 0.000850. The average molecular weight is 346 g/mol. The first-order chi connectivity index (χ1) is 11.4. The number of hydrogen-bond acceptors (Lipinski definition) is 3. The summed E-state index contributed by atoms with van der Waals surface area (Å²) in [7, 11) is 0. The smallest absolute Gasteiger partial charge is 0.186 e. The second-order valence-electron chi connectivity index (χ2n) is 5.80. The molecular formula is C18H17ClFN3O. The maximum absolute atomic E-state index is 14.3. The zero-order valence-corrected chi connectivity index (χ0v) is 14.1. The number of aromatic nitrogens is 2. The first kappa shape index (κ1) is 16.5. The molecule has 6 heteroatoms. The van der Waals surface area contributed by atoms with Crippen molar-refractivity contribution >= 4 is 28.6 Å². The van der Waals surface area contributed by atoms with E-state index in [2.05, 4.69) is 4.98 Å². The summed E-state index contributed by atoms with van der Waals surface area (Å²) < 4.78 is 16.0. The Morgan fingerprint density at radius 2 is 2.12 bits per heavy atom. The number of nitrogens with two attached hydrogens (primary N) is 1. The molecular weight excluding hydrogens is 329 g/mol. The number of nitrogen functional groups attached to an aromatic ring is 1. The monoisotopic (exact) mass is 345 g/mol. The number of carbonyl (C=O) groups excluding carboxylic acids is 1. The highest BCUT2D eigenvalue weighted by molar-refractivity contribution is 6.33. The summed E-state index contributed by atoms with van der Waals surface area (Å²) in [6, 6.07) is 6.45. The molecule has 2 aromatic heterocycles. The van der Waals surface area contributed by atoms with Gasteiger partial charge in [0.2, 0.25) is 0 Å². The van der Waals surface area contributed by atoms with E-state index in [9.17, 15) is 9.18 Å². The lowest BCUT2D eigenvalue weighted by Gasteiger charge is -2.09. The molecule has 0 aliphatic heterocycles. The maximum atomic E-state index is 14.3. The van der Waals surface area contributed by atoms with Gasteiger partial charge in [0.05, 0.1) is 16.2 Å². The van der Waals surface area contributed by atoms with Crippen LogP contribution in [-0.2, 0) is 0 Å². The van der Waals surface area contributed by atoms with Crippen molar-refractivity contribution in [3.63, 3.8) is 0 Å². The molecule has 3 rings (SSSR count). The van der Waals surface area contributed by atoms with Crippen molar-refractivity contribution in [3.8, 4) is 11.1 Å². The predicted molar refractivity (Wildman–Crippen MR) is 93.8 cm³/mol. The third-order valence-electron chi connectivity index (χ3n) is 4.23. The van der Waals surface area contributed by atoms with E-state index in [0.29, 0.717) is 16.8 Å². The van der Waals surface area contributed by atoms with E-state index in [1.165, 1.54) is 6.07 Å². The summed E-state index contributed by atoms with van der Waals surface area (Å²) in [6.07, 6.45) is 3.99. The molecule has 3 aromatic rings. The highest BCUT2D eigenvalue weighted by atomic mass is 35.5. The van der Waals surface area contributed by atoms with Crippen LogP contribution in [0.5, 0.6) is 0 Å². The lowest BCUT2D eigenvalue weighted by Crippen LogP contribution is -2.11. The first-order valence-corrected chi connectivity index (χ1v) is 8.06. The molecule has 0 saturated heterocycles. The van der Waals surface area contributed by atoms with Gasteiger partial charge in [-0.1, -0.05) is 31.5 Å². The lowest BCUT2D eigenvalue weighted by atomic mass is 10.00. The fourth-order valence-electron chi connectivity index (χ4n) is 2.59. The number of Topliss-reactive ketones (excluding diaryl/α,β-unsaturated/α-hetero) is 1. The minimum Gasteiger partial charge on any atom is -0.396 e. The molecule has 2 heterocycles. The third-order valence-corrected chi connectivity index (χ3v) is 4.55. The number of pyridine rings is 1. The summed E-state index contributed by atoms with van der Waals surface area (Å²) in [5.41, 5.74) is 7.59. The molecule has 0 saturated carbocycles. The highest BCUT2D eigenvalue weighted by Gasteiger charge is 2.20. The van der Waals surface area contributed by atoms with Crippen LogP contribution >= 0.6 is 11.6 Å². The lowest BCUT2D eigenvalue weighted by molar-refractivity contribution is 0.0924. The number of fused-ring (bicyclic) bond motifs is 1. The van der Waals surface area contributed by atoms with Crippen molar-refractivity contribution in [2.24, 2.45) is 5.92 Å². The Balaban J connectivity index is 2.12. The van der Waals surface area contributed by atoms with Crippen molar-refractivity contribution in [1.82, 2.24) is 9.38 Å². The number of imidazole rings is 1. The fourth-order valence-corrected chi connectivity index (χ4v) is 2.84. The average Bonchev–Trinajstić information content (AvgIpc) is 3.00. The van der Waals surface area contributed by atoms with Crippen LogP contribution in [0.1, 0.15) is 30.8 Å². The Morgan fingerprint density at radius 3 is 2.83 bits per heavy atom. The van der Waals surface area contributed by atoms with Crippen LogP contribution in [0, 0.1) is 11.7 Å². The van der Waals surface area contributed by atoms with E-state index in [-0.39, 0.29) is 28.0 Å². The summed E-state index contributed by atoms with van der Waals surface area (Å²) in [6.45, 7) is 3.84. The van der Waals surface area contributed by atoms with Gasteiger partial charge >= 0.3 is 0 Å². The molecule has 0 aliphatic rings. The number of halogens is 2. The van der Waals surface area contributed by atoms with Crippen LogP contribution in [0.4, 0.5) is 10.1 Å². The van der Waals surface area contributed by atoms with Crippen LogP contribution < -0.4 is 5.73 Å². The predicted octanol–water partition coefficient (Wildman–Crippen LogP) is 4.60. The van der Waals surface area contributed by atoms with Gasteiger partial charge in [0.15, 0.2) is 11.6 Å². The summed E-state index contributed by atoms with van der Waals surface area (Å²) >= 11 is 6.13. The van der Waals surface area contributed by atoms with Crippen LogP contribution in [-0.4, -0.2) is 15.2 Å². The van der Waals surface area contributed by atoms with Crippen LogP contribution in [0.15, 0.2) is 36.8 Å². The number of carbonyl (C=O) groups is 1. The van der Waals surface area contributed by atoms with Crippen molar-refractivity contribution in [2.45, 2.75) is 20.3 Å². The largest absolute Gasteiger partial charge is 0.396 e. The number of nitrogens with zero attached hydrogens (tertiary/aromatic N) is 2. The normalized spacial score (nSPS) is 12.5. The van der Waals surface area contributed by atoms with Crippen molar-refractivity contribution < 1.29 is 9.18 Å². The zero-order chi connectivity index (χ0) is 17.4. The fraction of sp³-hybridized carbons (Fsp3) is 0.222. The molecule has 4 nitrogen and oxygen atoms in total. The topological polar surface area (TPSA) is 60.4 Å². The van der Waals surface area contributed by atoms with Gasteiger partial charge in [0, 0.05) is 23.2 Å². The van der Waals surface area contributed by atoms with Gasteiger partial charge in [-0.2, -0.15) is 0 Å². The third kappa shape index (κ3) is 2.65. The first-order valence-electron chi connectivity index (χ1n) is 7.68. The maximum Gasteiger partial charge on any atom is 0.186 e. The summed E-state index contributed by atoms with van der Waals surface area (Å²) in [5, 5.41) is 0.275. The van der Waals surface area contributed by atoms with Gasteiger partial charge in [-0.25, -0.2) is 9.37 Å². The Morgan fingerprint density at radius 1 is 1.38 bits per heavy atom. The van der Waals surface area contributed by atoms with Crippen molar-refractivity contribution in [2.75, 3.05) is 5.73 Å². The standard InChI is InChI=1S/C18H17ClFN3O/c1-3-10(2)18(24)17-14-7-4-11(8-23(14)9-22-17)15-12(19)5-6-13(21)16(15)20/h4-10H,3,21H2,1-2H3. The quantitative estimate of drug-likeness (QED) is 0.555. The highest BCUT2D eigenvalue weighted by Crippen LogP contribution is 2.34. The molecule has 0 amide bonds. The molecule has 24 heavy (non-hydrogen) atoms. The molecule has 1 atom stereocenters. The van der Waals surface area contributed by atoms with Gasteiger partial charge in [0.1, 0.15) is 12.0 Å². The molecule has 1 unspecified atom stereocenters. The van der Waals surface area contributed by atoms with Gasteiger partial charge in [0.25, 0.3) is 0 Å². The molecule has 0 fully saturated rings. The Hall–Kier alpha value is -2.40. The van der Waals surface area contributed by atoms with E-state index >= 15 is 0 Å². The second kappa shape index (κ2) is 6.24. The van der Waals surface area contributed by atoms with Gasteiger partial charge in [-0.05, 0) is 24.6 Å².